The molecule has 6 nitrogen and oxygen atoms in total. The monoisotopic (exact) mass is 395 g/mol. The molecule has 2 aromatic carbocycles. The summed E-state index contributed by atoms with van der Waals surface area (Å²) in [5.41, 5.74) is 2.70. The van der Waals surface area contributed by atoms with Gasteiger partial charge in [-0.1, -0.05) is 23.9 Å². The van der Waals surface area contributed by atoms with Crippen LogP contribution in [0.4, 0.5) is 0 Å². The number of aromatic nitrogens is 2. The number of amides is 1. The summed E-state index contributed by atoms with van der Waals surface area (Å²) in [5, 5.41) is 8.73. The van der Waals surface area contributed by atoms with Crippen LogP contribution in [0.15, 0.2) is 58.2 Å². The Morgan fingerprint density at radius 1 is 1.07 bits per heavy atom. The van der Waals surface area contributed by atoms with Crippen molar-refractivity contribution in [1.29, 1.82) is 0 Å². The summed E-state index contributed by atoms with van der Waals surface area (Å²) in [6, 6.07) is 15.2. The van der Waals surface area contributed by atoms with Gasteiger partial charge >= 0.3 is 0 Å². The molecule has 144 valence electrons. The van der Waals surface area contributed by atoms with E-state index in [2.05, 4.69) is 10.2 Å². The summed E-state index contributed by atoms with van der Waals surface area (Å²) >= 11 is 1.48. The van der Waals surface area contributed by atoms with Crippen LogP contribution in [0.2, 0.25) is 0 Å². The standard InChI is InChI=1S/C21H21N3O3S/c1-26-18-10-8-16(9-11-18)19-22-23-21(27-19)28-14-15-4-6-17(7-5-15)20(25)24-12-2-3-13-24/h4-11H,2-3,12-14H2,1H3. The number of rotatable bonds is 6. The predicted octanol–water partition coefficient (Wildman–Crippen LogP) is 4.27. The normalized spacial score (nSPS) is 13.7. The van der Waals surface area contributed by atoms with Crippen LogP contribution in [0.25, 0.3) is 11.5 Å². The fraction of sp³-hybridized carbons (Fsp3) is 0.286. The highest BCUT2D eigenvalue weighted by Crippen LogP contribution is 2.27. The zero-order chi connectivity index (χ0) is 19.3. The van der Waals surface area contributed by atoms with E-state index < -0.39 is 0 Å². The van der Waals surface area contributed by atoms with Gasteiger partial charge in [0.05, 0.1) is 7.11 Å². The van der Waals surface area contributed by atoms with E-state index in [1.807, 2.05) is 53.4 Å². The number of benzene rings is 2. The second kappa shape index (κ2) is 8.48. The zero-order valence-electron chi connectivity index (χ0n) is 15.6. The highest BCUT2D eigenvalue weighted by atomic mass is 32.2. The molecule has 0 unspecified atom stereocenters. The second-order valence-corrected chi connectivity index (χ2v) is 7.51. The largest absolute Gasteiger partial charge is 0.497 e. The van der Waals surface area contributed by atoms with Crippen molar-refractivity contribution in [1.82, 2.24) is 15.1 Å². The Kier molecular flexibility index (Phi) is 5.62. The maximum absolute atomic E-state index is 12.4. The fourth-order valence-electron chi connectivity index (χ4n) is 3.11. The Labute approximate surface area is 167 Å². The van der Waals surface area contributed by atoms with Crippen molar-refractivity contribution in [2.45, 2.75) is 23.8 Å². The van der Waals surface area contributed by atoms with E-state index in [9.17, 15) is 4.79 Å². The molecule has 4 rings (SSSR count). The van der Waals surface area contributed by atoms with E-state index in [-0.39, 0.29) is 5.91 Å². The minimum atomic E-state index is 0.123. The minimum Gasteiger partial charge on any atom is -0.497 e. The lowest BCUT2D eigenvalue weighted by Gasteiger charge is -2.15. The van der Waals surface area contributed by atoms with E-state index >= 15 is 0 Å². The molecule has 0 bridgehead atoms. The van der Waals surface area contributed by atoms with Crippen LogP contribution in [-0.2, 0) is 5.75 Å². The van der Waals surface area contributed by atoms with Gasteiger partial charge in [-0.25, -0.2) is 0 Å². The van der Waals surface area contributed by atoms with Crippen molar-refractivity contribution in [2.24, 2.45) is 0 Å². The SMILES string of the molecule is COc1ccc(-c2nnc(SCc3ccc(C(=O)N4CCCC4)cc3)o2)cc1. The first kappa shape index (κ1) is 18.6. The highest BCUT2D eigenvalue weighted by Gasteiger charge is 2.19. The third-order valence-electron chi connectivity index (χ3n) is 4.70. The molecule has 1 aliphatic heterocycles. The number of hydrogen-bond acceptors (Lipinski definition) is 6. The first-order valence-electron chi connectivity index (χ1n) is 9.22. The van der Waals surface area contributed by atoms with Gasteiger partial charge < -0.3 is 14.1 Å². The molecule has 1 aromatic heterocycles. The van der Waals surface area contributed by atoms with Crippen LogP contribution >= 0.6 is 11.8 Å². The van der Waals surface area contributed by atoms with Gasteiger partial charge in [0.1, 0.15) is 5.75 Å². The van der Waals surface area contributed by atoms with Crippen molar-refractivity contribution in [3.63, 3.8) is 0 Å². The number of hydrogen-bond donors (Lipinski definition) is 0. The third kappa shape index (κ3) is 4.20. The molecule has 0 aliphatic carbocycles. The zero-order valence-corrected chi connectivity index (χ0v) is 16.4. The average Bonchev–Trinajstić information content (AvgIpc) is 3.44. The fourth-order valence-corrected chi connectivity index (χ4v) is 3.83. The molecule has 0 atom stereocenters. The summed E-state index contributed by atoms with van der Waals surface area (Å²) in [6.45, 7) is 1.73. The number of carbonyl (C=O) groups excluding carboxylic acids is 1. The lowest BCUT2D eigenvalue weighted by Crippen LogP contribution is -2.27. The van der Waals surface area contributed by atoms with Gasteiger partial charge in [0.25, 0.3) is 11.1 Å². The number of likely N-dealkylation sites (tertiary alicyclic amines) is 1. The van der Waals surface area contributed by atoms with Crippen molar-refractivity contribution in [3.8, 4) is 17.2 Å². The molecule has 0 radical (unpaired) electrons. The Morgan fingerprint density at radius 2 is 1.79 bits per heavy atom. The topological polar surface area (TPSA) is 68.5 Å². The summed E-state index contributed by atoms with van der Waals surface area (Å²) in [4.78, 5) is 14.3. The molecule has 1 amide bonds. The summed E-state index contributed by atoms with van der Waals surface area (Å²) in [5.74, 6) is 2.08. The van der Waals surface area contributed by atoms with E-state index in [0.29, 0.717) is 16.9 Å². The number of nitrogens with zero attached hydrogens (tertiary/aromatic N) is 3. The summed E-state index contributed by atoms with van der Waals surface area (Å²) in [7, 11) is 1.63. The smallest absolute Gasteiger partial charge is 0.277 e. The molecule has 1 aliphatic rings. The number of carbonyl (C=O) groups is 1. The molecule has 3 aromatic rings. The Hall–Kier alpha value is -2.80. The average molecular weight is 395 g/mol. The molecule has 1 saturated heterocycles. The number of methoxy groups -OCH3 is 1. The first-order valence-corrected chi connectivity index (χ1v) is 10.2. The number of thioether (sulfide) groups is 1. The molecular weight excluding hydrogens is 374 g/mol. The van der Waals surface area contributed by atoms with Crippen molar-refractivity contribution in [3.05, 3.63) is 59.7 Å². The molecular formula is C21H21N3O3S. The molecule has 2 heterocycles. The molecule has 0 spiro atoms. The molecule has 1 fully saturated rings. The van der Waals surface area contributed by atoms with Gasteiger partial charge in [-0.05, 0) is 54.8 Å². The molecule has 7 heteroatoms. The summed E-state index contributed by atoms with van der Waals surface area (Å²) < 4.78 is 10.9. The van der Waals surface area contributed by atoms with E-state index in [0.717, 1.165) is 48.4 Å². The Bertz CT molecular complexity index is 932. The van der Waals surface area contributed by atoms with Gasteiger partial charge in [0, 0.05) is 30.0 Å². The lowest BCUT2D eigenvalue weighted by molar-refractivity contribution is 0.0793. The van der Waals surface area contributed by atoms with Gasteiger partial charge in [-0.2, -0.15) is 0 Å². The maximum atomic E-state index is 12.4. The molecule has 0 saturated carbocycles. The lowest BCUT2D eigenvalue weighted by atomic mass is 10.1. The van der Waals surface area contributed by atoms with E-state index in [1.54, 1.807) is 7.11 Å². The predicted molar refractivity (Wildman–Crippen MR) is 107 cm³/mol. The maximum Gasteiger partial charge on any atom is 0.277 e. The van der Waals surface area contributed by atoms with Crippen molar-refractivity contribution < 1.29 is 13.9 Å². The molecule has 28 heavy (non-hydrogen) atoms. The van der Waals surface area contributed by atoms with Crippen LogP contribution in [0.1, 0.15) is 28.8 Å². The van der Waals surface area contributed by atoms with Crippen LogP contribution < -0.4 is 4.74 Å². The van der Waals surface area contributed by atoms with Crippen molar-refractivity contribution in [2.75, 3.05) is 20.2 Å². The molecule has 0 N–H and O–H groups in total. The number of ether oxygens (including phenoxy) is 1. The van der Waals surface area contributed by atoms with Gasteiger partial charge in [0.15, 0.2) is 0 Å². The third-order valence-corrected chi connectivity index (χ3v) is 5.59. The van der Waals surface area contributed by atoms with Crippen LogP contribution in [-0.4, -0.2) is 41.2 Å². The van der Waals surface area contributed by atoms with E-state index in [4.69, 9.17) is 9.15 Å². The quantitative estimate of drug-likeness (QED) is 0.581. The van der Waals surface area contributed by atoms with Crippen LogP contribution in [0.5, 0.6) is 5.75 Å². The van der Waals surface area contributed by atoms with Crippen LogP contribution in [0.3, 0.4) is 0 Å². The Morgan fingerprint density at radius 3 is 2.46 bits per heavy atom. The van der Waals surface area contributed by atoms with Crippen molar-refractivity contribution >= 4 is 17.7 Å². The van der Waals surface area contributed by atoms with Gasteiger partial charge in [-0.3, -0.25) is 4.79 Å². The van der Waals surface area contributed by atoms with E-state index in [1.165, 1.54) is 11.8 Å². The Balaban J connectivity index is 1.35. The highest BCUT2D eigenvalue weighted by molar-refractivity contribution is 7.98. The van der Waals surface area contributed by atoms with Gasteiger partial charge in [0.2, 0.25) is 5.89 Å². The van der Waals surface area contributed by atoms with Gasteiger partial charge in [-0.15, -0.1) is 10.2 Å². The first-order chi connectivity index (χ1) is 13.7. The minimum absolute atomic E-state index is 0.123. The van der Waals surface area contributed by atoms with Crippen LogP contribution in [0, 0.1) is 0 Å². The summed E-state index contributed by atoms with van der Waals surface area (Å²) in [6.07, 6.45) is 2.20. The second-order valence-electron chi connectivity index (χ2n) is 6.59.